The van der Waals surface area contributed by atoms with Gasteiger partial charge in [0.15, 0.2) is 0 Å². The zero-order valence-corrected chi connectivity index (χ0v) is 11.7. The molecule has 1 aromatic heterocycles. The molecule has 0 bridgehead atoms. The van der Waals surface area contributed by atoms with Crippen LogP contribution in [0, 0.1) is 5.92 Å². The third-order valence-corrected chi connectivity index (χ3v) is 3.45. The van der Waals surface area contributed by atoms with E-state index in [9.17, 15) is 0 Å². The SMILES string of the molecule is CCCC(C)CNc1ccc(Cl)c2ncccc12. The molecule has 1 atom stereocenters. The van der Waals surface area contributed by atoms with E-state index in [4.69, 9.17) is 11.6 Å². The van der Waals surface area contributed by atoms with Gasteiger partial charge in [0.05, 0.1) is 10.5 Å². The Bertz CT molecular complexity index is 525. The van der Waals surface area contributed by atoms with Gasteiger partial charge in [-0.2, -0.15) is 0 Å². The third-order valence-electron chi connectivity index (χ3n) is 3.14. The number of rotatable bonds is 5. The summed E-state index contributed by atoms with van der Waals surface area (Å²) in [6, 6.07) is 7.94. The highest BCUT2D eigenvalue weighted by molar-refractivity contribution is 6.35. The molecular weight excluding hydrogens is 244 g/mol. The average Bonchev–Trinajstić information content (AvgIpc) is 2.39. The average molecular weight is 263 g/mol. The molecule has 0 saturated carbocycles. The summed E-state index contributed by atoms with van der Waals surface area (Å²) >= 11 is 6.15. The Kier molecular flexibility index (Phi) is 4.43. The molecule has 0 aliphatic rings. The predicted molar refractivity (Wildman–Crippen MR) is 79.3 cm³/mol. The topological polar surface area (TPSA) is 24.9 Å². The van der Waals surface area contributed by atoms with Crippen molar-refractivity contribution in [3.63, 3.8) is 0 Å². The summed E-state index contributed by atoms with van der Waals surface area (Å²) in [5.74, 6) is 0.678. The fourth-order valence-corrected chi connectivity index (χ4v) is 2.38. The quantitative estimate of drug-likeness (QED) is 0.842. The summed E-state index contributed by atoms with van der Waals surface area (Å²) in [6.07, 6.45) is 4.25. The van der Waals surface area contributed by atoms with Gasteiger partial charge in [-0.15, -0.1) is 0 Å². The molecule has 1 N–H and O–H groups in total. The van der Waals surface area contributed by atoms with Crippen LogP contribution in [-0.4, -0.2) is 11.5 Å². The maximum Gasteiger partial charge on any atom is 0.0908 e. The molecule has 0 fully saturated rings. The van der Waals surface area contributed by atoms with E-state index in [0.29, 0.717) is 10.9 Å². The van der Waals surface area contributed by atoms with E-state index in [2.05, 4.69) is 30.2 Å². The Hall–Kier alpha value is -1.28. The first-order valence-corrected chi connectivity index (χ1v) is 6.87. The largest absolute Gasteiger partial charge is 0.384 e. The van der Waals surface area contributed by atoms with Gasteiger partial charge in [0.1, 0.15) is 0 Å². The number of nitrogens with zero attached hydrogens (tertiary/aromatic N) is 1. The number of nitrogens with one attached hydrogen (secondary N) is 1. The van der Waals surface area contributed by atoms with Gasteiger partial charge in [-0.1, -0.05) is 31.9 Å². The Morgan fingerprint density at radius 3 is 2.94 bits per heavy atom. The van der Waals surface area contributed by atoms with Crippen molar-refractivity contribution >= 4 is 28.2 Å². The lowest BCUT2D eigenvalue weighted by molar-refractivity contribution is 0.551. The minimum Gasteiger partial charge on any atom is -0.384 e. The molecule has 2 nitrogen and oxygen atoms in total. The van der Waals surface area contributed by atoms with E-state index in [1.807, 2.05) is 18.2 Å². The molecule has 96 valence electrons. The van der Waals surface area contributed by atoms with Crippen molar-refractivity contribution in [2.45, 2.75) is 26.7 Å². The Labute approximate surface area is 113 Å². The van der Waals surface area contributed by atoms with Gasteiger partial charge in [0, 0.05) is 23.8 Å². The molecule has 2 rings (SSSR count). The molecule has 0 saturated heterocycles. The lowest BCUT2D eigenvalue weighted by Gasteiger charge is -2.14. The van der Waals surface area contributed by atoms with Crippen LogP contribution in [0.3, 0.4) is 0 Å². The fraction of sp³-hybridized carbons (Fsp3) is 0.400. The molecule has 1 aromatic carbocycles. The van der Waals surface area contributed by atoms with Crippen molar-refractivity contribution in [3.05, 3.63) is 35.5 Å². The molecule has 0 amide bonds. The number of fused-ring (bicyclic) bond motifs is 1. The second-order valence-electron chi connectivity index (χ2n) is 4.77. The van der Waals surface area contributed by atoms with Crippen LogP contribution >= 0.6 is 11.6 Å². The van der Waals surface area contributed by atoms with Gasteiger partial charge >= 0.3 is 0 Å². The summed E-state index contributed by atoms with van der Waals surface area (Å²) in [4.78, 5) is 4.33. The molecule has 18 heavy (non-hydrogen) atoms. The summed E-state index contributed by atoms with van der Waals surface area (Å²) in [5, 5.41) is 5.30. The highest BCUT2D eigenvalue weighted by atomic mass is 35.5. The van der Waals surface area contributed by atoms with Crippen LogP contribution in [-0.2, 0) is 0 Å². The van der Waals surface area contributed by atoms with E-state index in [1.54, 1.807) is 6.20 Å². The minimum absolute atomic E-state index is 0.678. The zero-order chi connectivity index (χ0) is 13.0. The van der Waals surface area contributed by atoms with Crippen LogP contribution in [0.2, 0.25) is 5.02 Å². The molecule has 0 aliphatic heterocycles. The van der Waals surface area contributed by atoms with Gasteiger partial charge in [0.2, 0.25) is 0 Å². The number of benzene rings is 1. The molecule has 1 heterocycles. The molecular formula is C15H19ClN2. The number of pyridine rings is 1. The second kappa shape index (κ2) is 6.05. The van der Waals surface area contributed by atoms with Crippen LogP contribution in [0.15, 0.2) is 30.5 Å². The monoisotopic (exact) mass is 262 g/mol. The molecule has 1 unspecified atom stereocenters. The first-order valence-electron chi connectivity index (χ1n) is 6.49. The highest BCUT2D eigenvalue weighted by Gasteiger charge is 2.06. The normalized spacial score (nSPS) is 12.6. The van der Waals surface area contributed by atoms with Crippen LogP contribution in [0.1, 0.15) is 26.7 Å². The molecule has 3 heteroatoms. The van der Waals surface area contributed by atoms with Gasteiger partial charge in [0.25, 0.3) is 0 Å². The maximum absolute atomic E-state index is 6.15. The van der Waals surface area contributed by atoms with E-state index in [0.717, 1.165) is 23.1 Å². The van der Waals surface area contributed by atoms with Crippen molar-refractivity contribution < 1.29 is 0 Å². The van der Waals surface area contributed by atoms with Gasteiger partial charge < -0.3 is 5.32 Å². The van der Waals surface area contributed by atoms with Crippen LogP contribution in [0.4, 0.5) is 5.69 Å². The number of halogens is 1. The van der Waals surface area contributed by atoms with Crippen molar-refractivity contribution in [1.29, 1.82) is 0 Å². The Morgan fingerprint density at radius 2 is 2.17 bits per heavy atom. The van der Waals surface area contributed by atoms with Gasteiger partial charge in [-0.3, -0.25) is 4.98 Å². The Balaban J connectivity index is 2.21. The van der Waals surface area contributed by atoms with Gasteiger partial charge in [-0.25, -0.2) is 0 Å². The lowest BCUT2D eigenvalue weighted by atomic mass is 10.1. The predicted octanol–water partition coefficient (Wildman–Crippen LogP) is 4.74. The second-order valence-corrected chi connectivity index (χ2v) is 5.18. The van der Waals surface area contributed by atoms with Crippen molar-refractivity contribution in [1.82, 2.24) is 4.98 Å². The van der Waals surface area contributed by atoms with Gasteiger partial charge in [-0.05, 0) is 36.6 Å². The van der Waals surface area contributed by atoms with Crippen molar-refractivity contribution in [2.24, 2.45) is 5.92 Å². The molecule has 2 aromatic rings. The Morgan fingerprint density at radius 1 is 1.33 bits per heavy atom. The molecule has 0 aliphatic carbocycles. The number of hydrogen-bond acceptors (Lipinski definition) is 2. The summed E-state index contributed by atoms with van der Waals surface area (Å²) < 4.78 is 0. The zero-order valence-electron chi connectivity index (χ0n) is 10.9. The smallest absolute Gasteiger partial charge is 0.0908 e. The summed E-state index contributed by atoms with van der Waals surface area (Å²) in [5.41, 5.74) is 1.98. The van der Waals surface area contributed by atoms with Crippen molar-refractivity contribution in [2.75, 3.05) is 11.9 Å². The molecule has 0 spiro atoms. The summed E-state index contributed by atoms with van der Waals surface area (Å²) in [6.45, 7) is 5.48. The number of anilines is 1. The van der Waals surface area contributed by atoms with Crippen LogP contribution in [0.5, 0.6) is 0 Å². The first kappa shape index (κ1) is 13.2. The minimum atomic E-state index is 0.678. The molecule has 0 radical (unpaired) electrons. The van der Waals surface area contributed by atoms with Crippen LogP contribution in [0.25, 0.3) is 10.9 Å². The first-order chi connectivity index (χ1) is 8.72. The fourth-order valence-electron chi connectivity index (χ4n) is 2.17. The summed E-state index contributed by atoms with van der Waals surface area (Å²) in [7, 11) is 0. The highest BCUT2D eigenvalue weighted by Crippen LogP contribution is 2.28. The number of hydrogen-bond donors (Lipinski definition) is 1. The standard InChI is InChI=1S/C15H19ClN2/c1-3-5-11(2)10-18-14-8-7-13(16)15-12(14)6-4-9-17-15/h4,6-9,11,18H,3,5,10H2,1-2H3. The number of aromatic nitrogens is 1. The third kappa shape index (κ3) is 2.94. The van der Waals surface area contributed by atoms with E-state index in [1.165, 1.54) is 12.8 Å². The van der Waals surface area contributed by atoms with E-state index >= 15 is 0 Å². The van der Waals surface area contributed by atoms with E-state index in [-0.39, 0.29) is 0 Å². The maximum atomic E-state index is 6.15. The van der Waals surface area contributed by atoms with Crippen LogP contribution < -0.4 is 5.32 Å². The van der Waals surface area contributed by atoms with E-state index < -0.39 is 0 Å². The van der Waals surface area contributed by atoms with Crippen molar-refractivity contribution in [3.8, 4) is 0 Å². The lowest BCUT2D eigenvalue weighted by Crippen LogP contribution is -2.11.